The molecule has 0 heterocycles. The SMILES string of the molecule is O=C[C@@H](O)[C@@H](O)[C@H](O)[C@@H](CO)OP(=O)(O)OP(=O)(O)O. The van der Waals surface area contributed by atoms with Crippen LogP contribution in [0, 0.1) is 0 Å². The molecule has 0 rings (SSSR count). The van der Waals surface area contributed by atoms with Crippen molar-refractivity contribution in [2.75, 3.05) is 6.61 Å². The van der Waals surface area contributed by atoms with Crippen molar-refractivity contribution in [1.29, 1.82) is 0 Å². The van der Waals surface area contributed by atoms with Crippen LogP contribution in [0.3, 0.4) is 0 Å². The van der Waals surface area contributed by atoms with E-state index in [1.807, 2.05) is 0 Å². The molecule has 12 nitrogen and oxygen atoms in total. The Morgan fingerprint density at radius 1 is 1.05 bits per heavy atom. The molecule has 0 saturated carbocycles. The van der Waals surface area contributed by atoms with Crippen LogP contribution in [0.15, 0.2) is 0 Å². The van der Waals surface area contributed by atoms with Crippen LogP contribution >= 0.6 is 15.6 Å². The summed E-state index contributed by atoms with van der Waals surface area (Å²) in [5.74, 6) is 0. The molecule has 0 fully saturated rings. The van der Waals surface area contributed by atoms with Crippen LogP contribution < -0.4 is 0 Å². The number of rotatable bonds is 9. The largest absolute Gasteiger partial charge is 0.481 e. The first-order valence-corrected chi connectivity index (χ1v) is 7.84. The number of phosphoric ester groups is 1. The Kier molecular flexibility index (Phi) is 7.60. The summed E-state index contributed by atoms with van der Waals surface area (Å²) in [6, 6.07) is 0. The number of aliphatic hydroxyl groups is 4. The maximum atomic E-state index is 11.1. The zero-order valence-electron chi connectivity index (χ0n) is 9.66. The molecule has 0 aromatic carbocycles. The minimum absolute atomic E-state index is 0.160. The Morgan fingerprint density at radius 3 is 1.90 bits per heavy atom. The van der Waals surface area contributed by atoms with Gasteiger partial charge in [-0.1, -0.05) is 0 Å². The Bertz CT molecular complexity index is 405. The lowest BCUT2D eigenvalue weighted by molar-refractivity contribution is -0.135. The molecule has 0 amide bonds. The standard InChI is InChI=1S/C6H14O12P2/c7-1-3(9)5(10)6(11)4(2-8)17-20(15,16)18-19(12,13)14/h1,3-6,8-11H,2H2,(H,15,16)(H2,12,13,14)/t3-,4-,5-,6-/m1/s1. The van der Waals surface area contributed by atoms with Gasteiger partial charge < -0.3 is 39.9 Å². The van der Waals surface area contributed by atoms with Crippen LogP contribution in [0.25, 0.3) is 0 Å². The molecular formula is C6H14O12P2. The third kappa shape index (κ3) is 6.97. The highest BCUT2D eigenvalue weighted by Gasteiger charge is 2.40. The number of aliphatic hydroxyl groups excluding tert-OH is 4. The zero-order valence-corrected chi connectivity index (χ0v) is 11.4. The lowest BCUT2D eigenvalue weighted by Crippen LogP contribution is -2.47. The van der Waals surface area contributed by atoms with Crippen LogP contribution in [-0.4, -0.2) is 72.4 Å². The van der Waals surface area contributed by atoms with Crippen molar-refractivity contribution in [3.8, 4) is 0 Å². The molecule has 0 bridgehead atoms. The number of carbonyl (C=O) groups excluding carboxylic acids is 1. The molecule has 0 aromatic heterocycles. The maximum absolute atomic E-state index is 11.1. The first-order valence-electron chi connectivity index (χ1n) is 4.82. The van der Waals surface area contributed by atoms with E-state index < -0.39 is 46.7 Å². The highest BCUT2D eigenvalue weighted by molar-refractivity contribution is 7.60. The van der Waals surface area contributed by atoms with Gasteiger partial charge in [0, 0.05) is 0 Å². The lowest BCUT2D eigenvalue weighted by Gasteiger charge is -2.27. The summed E-state index contributed by atoms with van der Waals surface area (Å²) in [6.45, 7) is -1.20. The fourth-order valence-electron chi connectivity index (χ4n) is 1.03. The monoisotopic (exact) mass is 340 g/mol. The fraction of sp³-hybridized carbons (Fsp3) is 0.833. The Morgan fingerprint density at radius 2 is 1.55 bits per heavy atom. The highest BCUT2D eigenvalue weighted by Crippen LogP contribution is 2.58. The smallest absolute Gasteiger partial charge is 0.394 e. The molecule has 0 aromatic rings. The van der Waals surface area contributed by atoms with Crippen LogP contribution in [0.4, 0.5) is 0 Å². The summed E-state index contributed by atoms with van der Waals surface area (Å²) in [7, 11) is -10.8. The third-order valence-corrected chi connectivity index (χ3v) is 4.09. The van der Waals surface area contributed by atoms with Gasteiger partial charge in [0.25, 0.3) is 0 Å². The van der Waals surface area contributed by atoms with Crippen molar-refractivity contribution in [2.24, 2.45) is 0 Å². The molecule has 5 atom stereocenters. The zero-order chi connectivity index (χ0) is 16.1. The van der Waals surface area contributed by atoms with E-state index in [0.29, 0.717) is 0 Å². The van der Waals surface area contributed by atoms with E-state index >= 15 is 0 Å². The van der Waals surface area contributed by atoms with E-state index in [1.54, 1.807) is 0 Å². The normalized spacial score (nSPS) is 21.6. The topological polar surface area (TPSA) is 211 Å². The maximum Gasteiger partial charge on any atom is 0.481 e. The Balaban J connectivity index is 4.89. The Labute approximate surface area is 112 Å². The summed E-state index contributed by atoms with van der Waals surface area (Å²) < 4.78 is 29.0. The summed E-state index contributed by atoms with van der Waals surface area (Å²) in [5, 5.41) is 36.4. The highest BCUT2D eigenvalue weighted by atomic mass is 31.3. The molecule has 0 aliphatic rings. The molecule has 0 saturated heterocycles. The van der Waals surface area contributed by atoms with Crippen LogP contribution in [-0.2, 0) is 22.8 Å². The Hall–Kier alpha value is -0.230. The summed E-state index contributed by atoms with van der Waals surface area (Å²) in [6.07, 6.45) is -8.71. The quantitative estimate of drug-likeness (QED) is 0.164. The van der Waals surface area contributed by atoms with Gasteiger partial charge in [-0.3, -0.25) is 4.52 Å². The van der Waals surface area contributed by atoms with Crippen LogP contribution in [0.2, 0.25) is 0 Å². The minimum Gasteiger partial charge on any atom is -0.394 e. The molecule has 0 spiro atoms. The molecule has 0 aliphatic carbocycles. The van der Waals surface area contributed by atoms with Gasteiger partial charge in [0.2, 0.25) is 0 Å². The molecule has 0 aliphatic heterocycles. The average Bonchev–Trinajstić information content (AvgIpc) is 2.30. The summed E-state index contributed by atoms with van der Waals surface area (Å²) in [4.78, 5) is 35.8. The van der Waals surface area contributed by atoms with E-state index in [-0.39, 0.29) is 6.29 Å². The minimum atomic E-state index is -5.40. The van der Waals surface area contributed by atoms with Crippen LogP contribution in [0.5, 0.6) is 0 Å². The second-order valence-corrected chi connectivity index (χ2v) is 6.26. The van der Waals surface area contributed by atoms with Gasteiger partial charge in [-0.25, -0.2) is 9.13 Å². The van der Waals surface area contributed by atoms with Gasteiger partial charge in [-0.15, -0.1) is 0 Å². The number of carbonyl (C=O) groups is 1. The first kappa shape index (κ1) is 19.8. The second-order valence-electron chi connectivity index (χ2n) is 3.48. The second kappa shape index (κ2) is 7.69. The lowest BCUT2D eigenvalue weighted by atomic mass is 10.0. The van der Waals surface area contributed by atoms with Crippen molar-refractivity contribution < 1.29 is 57.9 Å². The van der Waals surface area contributed by atoms with Gasteiger partial charge in [-0.05, 0) is 0 Å². The molecule has 20 heavy (non-hydrogen) atoms. The van der Waals surface area contributed by atoms with Crippen molar-refractivity contribution >= 4 is 21.9 Å². The van der Waals surface area contributed by atoms with Gasteiger partial charge >= 0.3 is 15.6 Å². The van der Waals surface area contributed by atoms with Crippen molar-refractivity contribution in [3.05, 3.63) is 0 Å². The molecule has 1 unspecified atom stereocenters. The average molecular weight is 340 g/mol. The molecule has 120 valence electrons. The van der Waals surface area contributed by atoms with Crippen LogP contribution in [0.1, 0.15) is 0 Å². The summed E-state index contributed by atoms with van der Waals surface area (Å²) >= 11 is 0. The number of hydrogen-bond donors (Lipinski definition) is 7. The van der Waals surface area contributed by atoms with Crippen molar-refractivity contribution in [2.45, 2.75) is 24.4 Å². The molecular weight excluding hydrogens is 326 g/mol. The molecule has 7 N–H and O–H groups in total. The fourth-order valence-corrected chi connectivity index (χ4v) is 2.79. The van der Waals surface area contributed by atoms with Gasteiger partial charge in [0.1, 0.15) is 24.4 Å². The first-order chi connectivity index (χ1) is 8.93. The number of phosphoric acid groups is 2. The molecule has 14 heteroatoms. The van der Waals surface area contributed by atoms with E-state index in [1.165, 1.54) is 0 Å². The van der Waals surface area contributed by atoms with Crippen molar-refractivity contribution in [1.82, 2.24) is 0 Å². The van der Waals surface area contributed by atoms with Gasteiger partial charge in [0.05, 0.1) is 6.61 Å². The van der Waals surface area contributed by atoms with Gasteiger partial charge in [0.15, 0.2) is 6.29 Å². The third-order valence-electron chi connectivity index (χ3n) is 1.88. The van der Waals surface area contributed by atoms with E-state index in [2.05, 4.69) is 8.83 Å². The predicted octanol–water partition coefficient (Wildman–Crippen LogP) is -3.14. The van der Waals surface area contributed by atoms with E-state index in [4.69, 9.17) is 24.9 Å². The van der Waals surface area contributed by atoms with E-state index in [0.717, 1.165) is 0 Å². The number of hydrogen-bond acceptors (Lipinski definition) is 9. The predicted molar refractivity (Wildman–Crippen MR) is 59.0 cm³/mol. The van der Waals surface area contributed by atoms with E-state index in [9.17, 15) is 24.1 Å². The summed E-state index contributed by atoms with van der Waals surface area (Å²) in [5.41, 5.74) is 0. The molecule has 0 radical (unpaired) electrons. The number of aldehydes is 1. The van der Waals surface area contributed by atoms with Gasteiger partial charge in [-0.2, -0.15) is 4.31 Å². The van der Waals surface area contributed by atoms with Crippen molar-refractivity contribution in [3.63, 3.8) is 0 Å².